The predicted molar refractivity (Wildman–Crippen MR) is 137 cm³/mol. The molecule has 0 aliphatic heterocycles. The predicted octanol–water partition coefficient (Wildman–Crippen LogP) is 1.54. The maximum Gasteiger partial charge on any atom is 0.347 e. The zero-order valence-corrected chi connectivity index (χ0v) is 21.8. The molecule has 0 aliphatic carbocycles. The summed E-state index contributed by atoms with van der Waals surface area (Å²) < 4.78 is 12.2. The number of benzene rings is 2. The van der Waals surface area contributed by atoms with Gasteiger partial charge in [0.05, 0.1) is 0 Å². The van der Waals surface area contributed by atoms with Crippen molar-refractivity contribution in [2.24, 2.45) is 5.92 Å². The first-order valence-corrected chi connectivity index (χ1v) is 13.5. The molecule has 202 valence electrons. The van der Waals surface area contributed by atoms with Crippen molar-refractivity contribution in [3.05, 3.63) is 59.7 Å². The Bertz CT molecular complexity index is 1120. The molecular formula is C25H34N3O8P. The molecule has 0 fully saturated rings. The van der Waals surface area contributed by atoms with E-state index in [4.69, 9.17) is 0 Å². The largest absolute Gasteiger partial charge is 0.508 e. The minimum Gasteiger partial charge on any atom is -0.508 e. The molecule has 0 aromatic heterocycles. The lowest BCUT2D eigenvalue weighted by Gasteiger charge is -2.28. The summed E-state index contributed by atoms with van der Waals surface area (Å²) >= 11 is 0. The van der Waals surface area contributed by atoms with Crippen LogP contribution in [0.5, 0.6) is 11.5 Å². The number of carbonyl (C=O) groups is 3. The number of hydrogen-bond donors (Lipinski definition) is 7. The van der Waals surface area contributed by atoms with Gasteiger partial charge in [-0.1, -0.05) is 44.5 Å². The van der Waals surface area contributed by atoms with E-state index in [1.54, 1.807) is 19.1 Å². The van der Waals surface area contributed by atoms with Crippen LogP contribution in [0.25, 0.3) is 0 Å². The molecule has 37 heavy (non-hydrogen) atoms. The first kappa shape index (κ1) is 29.8. The van der Waals surface area contributed by atoms with Gasteiger partial charge in [-0.05, 0) is 41.3 Å². The number of phenols is 2. The van der Waals surface area contributed by atoms with Crippen LogP contribution in [-0.4, -0.2) is 55.6 Å². The van der Waals surface area contributed by atoms with Crippen LogP contribution in [0.4, 0.5) is 0 Å². The molecular weight excluding hydrogens is 501 g/mol. The van der Waals surface area contributed by atoms with Crippen molar-refractivity contribution < 1.29 is 38.9 Å². The number of aromatic hydroxyl groups is 2. The lowest BCUT2D eigenvalue weighted by molar-refractivity contribution is -0.132. The van der Waals surface area contributed by atoms with Crippen molar-refractivity contribution in [3.8, 4) is 11.5 Å². The SMILES string of the molecule is CC[C@@H](C)[C@H](NC(C)=O)C(=O)N[C@@H](Cc1ccc(O)cc1)C(=O)N[C@@H](Cc1ccc(O)cc1)P(=O)(O)O. The van der Waals surface area contributed by atoms with E-state index in [2.05, 4.69) is 16.0 Å². The Morgan fingerprint density at radius 1 is 0.811 bits per heavy atom. The maximum atomic E-state index is 13.3. The van der Waals surface area contributed by atoms with Gasteiger partial charge in [-0.25, -0.2) is 0 Å². The summed E-state index contributed by atoms with van der Waals surface area (Å²) in [7, 11) is -4.83. The summed E-state index contributed by atoms with van der Waals surface area (Å²) in [5.74, 6) is -3.73. The molecule has 2 aromatic rings. The molecule has 2 aromatic carbocycles. The van der Waals surface area contributed by atoms with E-state index in [1.165, 1.54) is 43.3 Å². The summed E-state index contributed by atoms with van der Waals surface area (Å²) in [5, 5.41) is 26.6. The van der Waals surface area contributed by atoms with Gasteiger partial charge in [-0.3, -0.25) is 18.9 Å². The number of carbonyl (C=O) groups excluding carboxylic acids is 3. The maximum absolute atomic E-state index is 13.3. The minimum absolute atomic E-state index is 0.00624. The number of nitrogens with one attached hydrogen (secondary N) is 3. The van der Waals surface area contributed by atoms with Crippen LogP contribution in [0.2, 0.25) is 0 Å². The van der Waals surface area contributed by atoms with E-state index < -0.39 is 43.2 Å². The van der Waals surface area contributed by atoms with Gasteiger partial charge < -0.3 is 36.0 Å². The molecule has 0 radical (unpaired) electrons. The van der Waals surface area contributed by atoms with Gasteiger partial charge in [0.2, 0.25) is 17.7 Å². The van der Waals surface area contributed by atoms with E-state index in [9.17, 15) is 38.9 Å². The Labute approximate surface area is 215 Å². The molecule has 4 atom stereocenters. The second-order valence-electron chi connectivity index (χ2n) is 8.98. The fraction of sp³-hybridized carbons (Fsp3) is 0.400. The van der Waals surface area contributed by atoms with Crippen molar-refractivity contribution >= 4 is 25.3 Å². The smallest absolute Gasteiger partial charge is 0.347 e. The Morgan fingerprint density at radius 3 is 1.73 bits per heavy atom. The Hall–Kier alpha value is -3.40. The van der Waals surface area contributed by atoms with Crippen molar-refractivity contribution in [3.63, 3.8) is 0 Å². The zero-order valence-electron chi connectivity index (χ0n) is 20.9. The molecule has 7 N–H and O–H groups in total. The second kappa shape index (κ2) is 13.2. The molecule has 11 nitrogen and oxygen atoms in total. The monoisotopic (exact) mass is 535 g/mol. The molecule has 3 amide bonds. The van der Waals surface area contributed by atoms with Crippen LogP contribution in [0.3, 0.4) is 0 Å². The highest BCUT2D eigenvalue weighted by atomic mass is 31.2. The van der Waals surface area contributed by atoms with Gasteiger partial charge in [0.15, 0.2) is 0 Å². The van der Waals surface area contributed by atoms with E-state index in [0.29, 0.717) is 17.5 Å². The van der Waals surface area contributed by atoms with Crippen LogP contribution in [0.15, 0.2) is 48.5 Å². The highest BCUT2D eigenvalue weighted by Crippen LogP contribution is 2.41. The third kappa shape index (κ3) is 9.53. The first-order valence-electron chi connectivity index (χ1n) is 11.8. The van der Waals surface area contributed by atoms with Crippen LogP contribution in [0.1, 0.15) is 38.3 Å². The van der Waals surface area contributed by atoms with Gasteiger partial charge in [-0.15, -0.1) is 0 Å². The second-order valence-corrected chi connectivity index (χ2v) is 10.8. The molecule has 2 rings (SSSR count). The molecule has 12 heteroatoms. The fourth-order valence-corrected chi connectivity index (χ4v) is 4.38. The quantitative estimate of drug-likeness (QED) is 0.200. The fourth-order valence-electron chi connectivity index (χ4n) is 3.63. The Kier molecular flexibility index (Phi) is 10.7. The highest BCUT2D eigenvalue weighted by molar-refractivity contribution is 7.52. The standard InChI is InChI=1S/C25H34N3O8P/c1-4-15(2)23(26-16(3)29)25(33)27-21(13-17-5-9-19(30)10-6-17)24(32)28-22(37(34,35)36)14-18-7-11-20(31)12-8-18/h5-12,15,21-23,30-31H,4,13-14H2,1-3H3,(H,26,29)(H,27,33)(H,28,32)(H2,34,35,36)/t15-,21+,22-,23+/m1/s1. The average Bonchev–Trinajstić information content (AvgIpc) is 2.83. The zero-order chi connectivity index (χ0) is 27.8. The van der Waals surface area contributed by atoms with Crippen molar-refractivity contribution in [1.82, 2.24) is 16.0 Å². The normalized spacial score (nSPS) is 14.6. The summed E-state index contributed by atoms with van der Waals surface area (Å²) in [4.78, 5) is 57.9. The third-order valence-corrected chi connectivity index (χ3v) is 7.07. The first-order chi connectivity index (χ1) is 17.3. The van der Waals surface area contributed by atoms with Crippen LogP contribution in [0, 0.1) is 5.92 Å². The Morgan fingerprint density at radius 2 is 1.30 bits per heavy atom. The lowest BCUT2D eigenvalue weighted by atomic mass is 9.97. The molecule has 0 unspecified atom stereocenters. The van der Waals surface area contributed by atoms with E-state index >= 15 is 0 Å². The summed E-state index contributed by atoms with van der Waals surface area (Å²) in [6.07, 6.45) is 0.301. The van der Waals surface area contributed by atoms with Crippen molar-refractivity contribution in [2.45, 2.75) is 57.9 Å². The number of phenolic OH excluding ortho intramolecular Hbond substituents is 2. The molecule has 0 saturated carbocycles. The van der Waals surface area contributed by atoms with Crippen molar-refractivity contribution in [2.75, 3.05) is 0 Å². The number of hydrogen-bond acceptors (Lipinski definition) is 6. The third-order valence-electron chi connectivity index (χ3n) is 5.94. The van der Waals surface area contributed by atoms with Crippen LogP contribution < -0.4 is 16.0 Å². The summed E-state index contributed by atoms with van der Waals surface area (Å²) in [6.45, 7) is 4.90. The minimum atomic E-state index is -4.83. The number of amides is 3. The molecule has 0 bridgehead atoms. The summed E-state index contributed by atoms with van der Waals surface area (Å²) in [5.41, 5.74) is 1.04. The molecule has 0 aliphatic rings. The number of rotatable bonds is 12. The highest BCUT2D eigenvalue weighted by Gasteiger charge is 2.35. The van der Waals surface area contributed by atoms with E-state index in [1.807, 2.05) is 6.92 Å². The van der Waals surface area contributed by atoms with Crippen LogP contribution >= 0.6 is 7.60 Å². The van der Waals surface area contributed by atoms with Gasteiger partial charge in [-0.2, -0.15) is 0 Å². The summed E-state index contributed by atoms with van der Waals surface area (Å²) in [6, 6.07) is 9.44. The van der Waals surface area contributed by atoms with Gasteiger partial charge in [0.25, 0.3) is 0 Å². The molecule has 0 heterocycles. The van der Waals surface area contributed by atoms with Crippen molar-refractivity contribution in [1.29, 1.82) is 0 Å². The van der Waals surface area contributed by atoms with E-state index in [-0.39, 0.29) is 30.3 Å². The van der Waals surface area contributed by atoms with E-state index in [0.717, 1.165) is 0 Å². The molecule has 0 saturated heterocycles. The van der Waals surface area contributed by atoms with Gasteiger partial charge in [0.1, 0.15) is 29.4 Å². The lowest BCUT2D eigenvalue weighted by Crippen LogP contribution is -2.57. The van der Waals surface area contributed by atoms with Gasteiger partial charge >= 0.3 is 7.60 Å². The average molecular weight is 536 g/mol. The van der Waals surface area contributed by atoms with Gasteiger partial charge in [0, 0.05) is 19.8 Å². The van der Waals surface area contributed by atoms with Crippen LogP contribution in [-0.2, 0) is 31.8 Å². The Balaban J connectivity index is 2.32. The molecule has 0 spiro atoms. The topological polar surface area (TPSA) is 185 Å².